The molecule has 9 heavy (non-hydrogen) atoms. The first kappa shape index (κ1) is 5.26. The lowest BCUT2D eigenvalue weighted by molar-refractivity contribution is 0.0761. The van der Waals surface area contributed by atoms with Gasteiger partial charge in [-0.05, 0) is 12.5 Å². The molecular weight excluding hydrogens is 116 g/mol. The van der Waals surface area contributed by atoms with Gasteiger partial charge >= 0.3 is 0 Å². The Balaban J connectivity index is 2.07. The second kappa shape index (κ2) is 2.01. The first-order chi connectivity index (χ1) is 4.47. The standard InChI is InChI=1S/C6H10N2O/c1-2-5-4-7-8-6(5)9-3-1/h1,3,5-8H,2,4H2. The van der Waals surface area contributed by atoms with E-state index < -0.39 is 0 Å². The Morgan fingerprint density at radius 3 is 3.44 bits per heavy atom. The van der Waals surface area contributed by atoms with E-state index in [1.54, 1.807) is 6.26 Å². The van der Waals surface area contributed by atoms with E-state index in [1.165, 1.54) is 0 Å². The number of rotatable bonds is 0. The van der Waals surface area contributed by atoms with Crippen molar-refractivity contribution in [2.45, 2.75) is 12.6 Å². The van der Waals surface area contributed by atoms with Crippen LogP contribution in [0.15, 0.2) is 12.3 Å². The first-order valence-corrected chi connectivity index (χ1v) is 3.26. The van der Waals surface area contributed by atoms with Gasteiger partial charge in [-0.3, -0.25) is 5.43 Å². The van der Waals surface area contributed by atoms with Gasteiger partial charge in [0.1, 0.15) is 0 Å². The molecule has 1 saturated heterocycles. The maximum Gasteiger partial charge on any atom is 0.165 e. The molecule has 0 aromatic carbocycles. The van der Waals surface area contributed by atoms with Gasteiger partial charge in [0.2, 0.25) is 0 Å². The molecule has 0 radical (unpaired) electrons. The Bertz CT molecular complexity index is 121. The van der Waals surface area contributed by atoms with E-state index in [0.717, 1.165) is 13.0 Å². The molecule has 0 aliphatic carbocycles. The highest BCUT2D eigenvalue weighted by Gasteiger charge is 2.28. The second-order valence-electron chi connectivity index (χ2n) is 2.45. The van der Waals surface area contributed by atoms with Crippen LogP contribution in [-0.4, -0.2) is 12.8 Å². The van der Waals surface area contributed by atoms with Crippen LogP contribution in [0.5, 0.6) is 0 Å². The maximum atomic E-state index is 5.25. The van der Waals surface area contributed by atoms with Gasteiger partial charge in [0.15, 0.2) is 6.23 Å². The van der Waals surface area contributed by atoms with Gasteiger partial charge in [-0.2, -0.15) is 0 Å². The molecule has 50 valence electrons. The van der Waals surface area contributed by atoms with E-state index in [0.29, 0.717) is 5.92 Å². The van der Waals surface area contributed by atoms with Crippen LogP contribution in [-0.2, 0) is 4.74 Å². The summed E-state index contributed by atoms with van der Waals surface area (Å²) in [7, 11) is 0. The molecule has 2 atom stereocenters. The van der Waals surface area contributed by atoms with E-state index in [4.69, 9.17) is 4.74 Å². The summed E-state index contributed by atoms with van der Waals surface area (Å²) < 4.78 is 5.25. The molecule has 1 fully saturated rings. The third-order valence-electron chi connectivity index (χ3n) is 1.80. The summed E-state index contributed by atoms with van der Waals surface area (Å²) in [4.78, 5) is 0. The maximum absolute atomic E-state index is 5.25. The minimum atomic E-state index is 0.218. The van der Waals surface area contributed by atoms with Crippen LogP contribution in [0.25, 0.3) is 0 Å². The molecule has 0 saturated carbocycles. The van der Waals surface area contributed by atoms with E-state index in [-0.39, 0.29) is 6.23 Å². The molecule has 2 heterocycles. The number of hydrogen-bond acceptors (Lipinski definition) is 3. The van der Waals surface area contributed by atoms with Crippen LogP contribution < -0.4 is 10.9 Å². The van der Waals surface area contributed by atoms with Crippen molar-refractivity contribution >= 4 is 0 Å². The van der Waals surface area contributed by atoms with Crippen LogP contribution in [0.1, 0.15) is 6.42 Å². The number of hydrogen-bond donors (Lipinski definition) is 2. The molecule has 2 rings (SSSR count). The largest absolute Gasteiger partial charge is 0.482 e. The third kappa shape index (κ3) is 0.821. The third-order valence-corrected chi connectivity index (χ3v) is 1.80. The van der Waals surface area contributed by atoms with Gasteiger partial charge in [0.25, 0.3) is 0 Å². The fraction of sp³-hybridized carbons (Fsp3) is 0.667. The molecule has 0 bridgehead atoms. The Morgan fingerprint density at radius 2 is 2.56 bits per heavy atom. The molecule has 2 unspecified atom stereocenters. The van der Waals surface area contributed by atoms with Crippen molar-refractivity contribution in [2.24, 2.45) is 5.92 Å². The number of hydrazine groups is 1. The number of fused-ring (bicyclic) bond motifs is 1. The van der Waals surface area contributed by atoms with Crippen LogP contribution in [0.4, 0.5) is 0 Å². The fourth-order valence-corrected chi connectivity index (χ4v) is 1.24. The number of nitrogens with one attached hydrogen (secondary N) is 2. The first-order valence-electron chi connectivity index (χ1n) is 3.26. The average Bonchev–Trinajstić information content (AvgIpc) is 2.33. The highest BCUT2D eigenvalue weighted by Crippen LogP contribution is 2.18. The van der Waals surface area contributed by atoms with Crippen molar-refractivity contribution in [1.29, 1.82) is 0 Å². The van der Waals surface area contributed by atoms with Gasteiger partial charge in [-0.1, -0.05) is 0 Å². The number of allylic oxidation sites excluding steroid dienone is 1. The van der Waals surface area contributed by atoms with Gasteiger partial charge < -0.3 is 4.74 Å². The molecule has 2 N–H and O–H groups in total. The van der Waals surface area contributed by atoms with Crippen molar-refractivity contribution in [3.05, 3.63) is 12.3 Å². The highest BCUT2D eigenvalue weighted by molar-refractivity contribution is 4.90. The second-order valence-corrected chi connectivity index (χ2v) is 2.45. The summed E-state index contributed by atoms with van der Waals surface area (Å²) in [5.74, 6) is 0.634. The van der Waals surface area contributed by atoms with Crippen LogP contribution in [0.2, 0.25) is 0 Å². The zero-order valence-electron chi connectivity index (χ0n) is 5.13. The number of ether oxygens (including phenoxy) is 1. The summed E-state index contributed by atoms with van der Waals surface area (Å²) in [5.41, 5.74) is 6.08. The minimum Gasteiger partial charge on any atom is -0.482 e. The van der Waals surface area contributed by atoms with E-state index >= 15 is 0 Å². The summed E-state index contributed by atoms with van der Waals surface area (Å²) in [6, 6.07) is 0. The van der Waals surface area contributed by atoms with Crippen molar-refractivity contribution in [3.63, 3.8) is 0 Å². The van der Waals surface area contributed by atoms with E-state index in [9.17, 15) is 0 Å². The molecule has 0 aromatic rings. The van der Waals surface area contributed by atoms with Crippen molar-refractivity contribution in [1.82, 2.24) is 10.9 Å². The smallest absolute Gasteiger partial charge is 0.165 e. The minimum absolute atomic E-state index is 0.218. The quantitative estimate of drug-likeness (QED) is 0.478. The van der Waals surface area contributed by atoms with E-state index in [1.807, 2.05) is 0 Å². The summed E-state index contributed by atoms with van der Waals surface area (Å²) >= 11 is 0. The molecule has 2 aliphatic rings. The van der Waals surface area contributed by atoms with Gasteiger partial charge in [0, 0.05) is 12.5 Å². The summed E-state index contributed by atoms with van der Waals surface area (Å²) in [6.07, 6.45) is 5.18. The highest BCUT2D eigenvalue weighted by atomic mass is 16.5. The molecule has 0 aromatic heterocycles. The monoisotopic (exact) mass is 126 g/mol. The Labute approximate surface area is 54.0 Å². The zero-order valence-corrected chi connectivity index (χ0v) is 5.13. The lowest BCUT2D eigenvalue weighted by atomic mass is 10.0. The zero-order chi connectivity index (χ0) is 6.10. The molecule has 3 heteroatoms. The van der Waals surface area contributed by atoms with Crippen LogP contribution in [0.3, 0.4) is 0 Å². The molecule has 0 spiro atoms. The predicted octanol–water partition coefficient (Wildman–Crippen LogP) is -0.0295. The molecular formula is C6H10N2O. The summed E-state index contributed by atoms with van der Waals surface area (Å²) in [6.45, 7) is 1.02. The van der Waals surface area contributed by atoms with Gasteiger partial charge in [-0.15, -0.1) is 0 Å². The molecule has 3 nitrogen and oxygen atoms in total. The van der Waals surface area contributed by atoms with Crippen LogP contribution >= 0.6 is 0 Å². The average molecular weight is 126 g/mol. The molecule has 2 aliphatic heterocycles. The normalized spacial score (nSPS) is 40.0. The lowest BCUT2D eigenvalue weighted by Gasteiger charge is -2.19. The van der Waals surface area contributed by atoms with Crippen LogP contribution in [0, 0.1) is 5.92 Å². The van der Waals surface area contributed by atoms with E-state index in [2.05, 4.69) is 16.9 Å². The lowest BCUT2D eigenvalue weighted by Crippen LogP contribution is -2.33. The van der Waals surface area contributed by atoms with Crippen molar-refractivity contribution in [2.75, 3.05) is 6.54 Å². The molecule has 0 amide bonds. The topological polar surface area (TPSA) is 33.3 Å². The SMILES string of the molecule is C1=COC2NNCC2C1. The Kier molecular flexibility index (Phi) is 1.17. The Morgan fingerprint density at radius 1 is 1.56 bits per heavy atom. The predicted molar refractivity (Wildman–Crippen MR) is 33.3 cm³/mol. The summed E-state index contributed by atoms with van der Waals surface area (Å²) in [5, 5.41) is 0. The van der Waals surface area contributed by atoms with Crippen molar-refractivity contribution < 1.29 is 4.74 Å². The fourth-order valence-electron chi connectivity index (χ4n) is 1.24. The Hall–Kier alpha value is -0.540. The van der Waals surface area contributed by atoms with Gasteiger partial charge in [-0.25, -0.2) is 5.43 Å². The van der Waals surface area contributed by atoms with Gasteiger partial charge in [0.05, 0.1) is 6.26 Å². The van der Waals surface area contributed by atoms with Crippen molar-refractivity contribution in [3.8, 4) is 0 Å².